The lowest BCUT2D eigenvalue weighted by atomic mass is 10.1. The highest BCUT2D eigenvalue weighted by Gasteiger charge is 2.18. The third-order valence-corrected chi connectivity index (χ3v) is 2.28. The van der Waals surface area contributed by atoms with Crippen LogP contribution in [0.4, 0.5) is 0 Å². The van der Waals surface area contributed by atoms with E-state index >= 15 is 0 Å². The first-order valence-electron chi connectivity index (χ1n) is 5.72. The lowest BCUT2D eigenvalue weighted by Gasteiger charge is -2.28. The standard InChI is InChI=1S/C13H19N3O/c1-13(2,17)11-16(8-4-6-14)10-12-5-3-7-15-9-12/h3,5,7,9,17H,4,8,10-11H2,1-2H3. The van der Waals surface area contributed by atoms with Crippen molar-refractivity contribution in [2.45, 2.75) is 32.4 Å². The molecule has 0 saturated carbocycles. The van der Waals surface area contributed by atoms with E-state index < -0.39 is 5.60 Å². The molecule has 0 aliphatic rings. The Morgan fingerprint density at radius 3 is 2.82 bits per heavy atom. The largest absolute Gasteiger partial charge is 0.389 e. The van der Waals surface area contributed by atoms with Crippen molar-refractivity contribution in [1.82, 2.24) is 9.88 Å². The Balaban J connectivity index is 2.61. The first-order chi connectivity index (χ1) is 8.01. The topological polar surface area (TPSA) is 60.1 Å². The fourth-order valence-corrected chi connectivity index (χ4v) is 1.72. The molecule has 1 N–H and O–H groups in total. The average molecular weight is 233 g/mol. The number of rotatable bonds is 6. The minimum atomic E-state index is -0.752. The molecule has 4 nitrogen and oxygen atoms in total. The molecule has 17 heavy (non-hydrogen) atoms. The van der Waals surface area contributed by atoms with Crippen molar-refractivity contribution in [3.63, 3.8) is 0 Å². The summed E-state index contributed by atoms with van der Waals surface area (Å²) in [6.07, 6.45) is 4.01. The molecule has 0 bridgehead atoms. The number of aliphatic hydroxyl groups is 1. The van der Waals surface area contributed by atoms with E-state index in [0.29, 0.717) is 26.1 Å². The summed E-state index contributed by atoms with van der Waals surface area (Å²) < 4.78 is 0. The summed E-state index contributed by atoms with van der Waals surface area (Å²) in [5.74, 6) is 0. The molecule has 0 aromatic carbocycles. The van der Waals surface area contributed by atoms with Crippen molar-refractivity contribution < 1.29 is 5.11 Å². The SMILES string of the molecule is CC(C)(O)CN(CCC#N)Cc1cccnc1. The third kappa shape index (κ3) is 6.00. The zero-order valence-electron chi connectivity index (χ0n) is 10.4. The van der Waals surface area contributed by atoms with Gasteiger partial charge in [-0.05, 0) is 25.5 Å². The van der Waals surface area contributed by atoms with Gasteiger partial charge in [0.1, 0.15) is 0 Å². The molecular formula is C13H19N3O. The Labute approximate surface area is 103 Å². The molecule has 92 valence electrons. The van der Waals surface area contributed by atoms with E-state index in [1.807, 2.05) is 18.3 Å². The quantitative estimate of drug-likeness (QED) is 0.810. The van der Waals surface area contributed by atoms with Crippen molar-refractivity contribution in [3.8, 4) is 6.07 Å². The summed E-state index contributed by atoms with van der Waals surface area (Å²) in [6, 6.07) is 6.02. The predicted octanol–water partition coefficient (Wildman–Crippen LogP) is 1.57. The molecule has 0 radical (unpaired) electrons. The number of nitriles is 1. The van der Waals surface area contributed by atoms with Crippen LogP contribution in [0, 0.1) is 11.3 Å². The molecule has 1 aromatic heterocycles. The van der Waals surface area contributed by atoms with Gasteiger partial charge in [-0.15, -0.1) is 0 Å². The minimum absolute atomic E-state index is 0.469. The Morgan fingerprint density at radius 2 is 2.29 bits per heavy atom. The van der Waals surface area contributed by atoms with E-state index in [1.54, 1.807) is 20.0 Å². The van der Waals surface area contributed by atoms with Gasteiger partial charge in [0.05, 0.1) is 11.7 Å². The maximum absolute atomic E-state index is 9.83. The normalized spacial score (nSPS) is 11.5. The van der Waals surface area contributed by atoms with Gasteiger partial charge < -0.3 is 5.11 Å². The first-order valence-corrected chi connectivity index (χ1v) is 5.72. The van der Waals surface area contributed by atoms with Crippen LogP contribution >= 0.6 is 0 Å². The fraction of sp³-hybridized carbons (Fsp3) is 0.538. The van der Waals surface area contributed by atoms with E-state index in [0.717, 1.165) is 5.56 Å². The molecule has 0 saturated heterocycles. The van der Waals surface area contributed by atoms with Crippen LogP contribution in [0.25, 0.3) is 0 Å². The second-order valence-electron chi connectivity index (χ2n) is 4.79. The van der Waals surface area contributed by atoms with Crippen LogP contribution in [-0.2, 0) is 6.54 Å². The van der Waals surface area contributed by atoms with Crippen LogP contribution < -0.4 is 0 Å². The lowest BCUT2D eigenvalue weighted by Crippen LogP contribution is -2.38. The van der Waals surface area contributed by atoms with E-state index in [1.165, 1.54) is 0 Å². The average Bonchev–Trinajstić information content (AvgIpc) is 2.25. The molecule has 0 amide bonds. The molecule has 4 heteroatoms. The van der Waals surface area contributed by atoms with Gasteiger partial charge in [-0.2, -0.15) is 5.26 Å². The third-order valence-electron chi connectivity index (χ3n) is 2.28. The second-order valence-corrected chi connectivity index (χ2v) is 4.79. The van der Waals surface area contributed by atoms with Gasteiger partial charge in [-0.25, -0.2) is 0 Å². The molecule has 0 aliphatic heterocycles. The zero-order chi connectivity index (χ0) is 12.7. The number of hydrogen-bond acceptors (Lipinski definition) is 4. The fourth-order valence-electron chi connectivity index (χ4n) is 1.72. The molecule has 1 aromatic rings. The summed E-state index contributed by atoms with van der Waals surface area (Å²) in [5, 5.41) is 18.5. The molecule has 0 fully saturated rings. The second kappa shape index (κ2) is 6.33. The summed E-state index contributed by atoms with van der Waals surface area (Å²) in [7, 11) is 0. The molecular weight excluding hydrogens is 214 g/mol. The van der Waals surface area contributed by atoms with Crippen LogP contribution in [0.3, 0.4) is 0 Å². The molecule has 0 unspecified atom stereocenters. The Morgan fingerprint density at radius 1 is 1.53 bits per heavy atom. The highest BCUT2D eigenvalue weighted by molar-refractivity contribution is 5.08. The van der Waals surface area contributed by atoms with Crippen molar-refractivity contribution >= 4 is 0 Å². The van der Waals surface area contributed by atoms with Crippen LogP contribution in [0.1, 0.15) is 25.8 Å². The van der Waals surface area contributed by atoms with Crippen molar-refractivity contribution in [2.24, 2.45) is 0 Å². The van der Waals surface area contributed by atoms with Crippen LogP contribution in [0.2, 0.25) is 0 Å². The highest BCUT2D eigenvalue weighted by atomic mass is 16.3. The van der Waals surface area contributed by atoms with Crippen LogP contribution in [0.15, 0.2) is 24.5 Å². The number of aromatic nitrogens is 1. The van der Waals surface area contributed by atoms with Gasteiger partial charge in [-0.3, -0.25) is 9.88 Å². The smallest absolute Gasteiger partial charge is 0.0718 e. The predicted molar refractivity (Wildman–Crippen MR) is 66.0 cm³/mol. The highest BCUT2D eigenvalue weighted by Crippen LogP contribution is 2.09. The van der Waals surface area contributed by atoms with Crippen molar-refractivity contribution in [2.75, 3.05) is 13.1 Å². The number of pyridine rings is 1. The summed E-state index contributed by atoms with van der Waals surface area (Å²) in [6.45, 7) is 5.46. The monoisotopic (exact) mass is 233 g/mol. The van der Waals surface area contributed by atoms with Gasteiger partial charge in [0.25, 0.3) is 0 Å². The summed E-state index contributed by atoms with van der Waals surface area (Å²) in [5.41, 5.74) is 0.340. The molecule has 1 rings (SSSR count). The van der Waals surface area contributed by atoms with E-state index in [2.05, 4.69) is 16.0 Å². The number of nitrogens with zero attached hydrogens (tertiary/aromatic N) is 3. The molecule has 0 aliphatic carbocycles. The summed E-state index contributed by atoms with van der Waals surface area (Å²) >= 11 is 0. The molecule has 1 heterocycles. The van der Waals surface area contributed by atoms with Crippen LogP contribution in [-0.4, -0.2) is 33.7 Å². The van der Waals surface area contributed by atoms with Crippen molar-refractivity contribution in [3.05, 3.63) is 30.1 Å². The maximum atomic E-state index is 9.83. The Hall–Kier alpha value is -1.44. The minimum Gasteiger partial charge on any atom is -0.389 e. The number of hydrogen-bond donors (Lipinski definition) is 1. The van der Waals surface area contributed by atoms with Crippen LogP contribution in [0.5, 0.6) is 0 Å². The zero-order valence-corrected chi connectivity index (χ0v) is 10.4. The Bertz CT molecular complexity index is 364. The lowest BCUT2D eigenvalue weighted by molar-refractivity contribution is 0.0342. The van der Waals surface area contributed by atoms with Gasteiger partial charge in [0, 0.05) is 38.4 Å². The maximum Gasteiger partial charge on any atom is 0.0718 e. The Kier molecular flexibility index (Phi) is 5.08. The van der Waals surface area contributed by atoms with E-state index in [9.17, 15) is 5.11 Å². The van der Waals surface area contributed by atoms with Gasteiger partial charge in [0.2, 0.25) is 0 Å². The van der Waals surface area contributed by atoms with Gasteiger partial charge >= 0.3 is 0 Å². The molecule has 0 atom stereocenters. The van der Waals surface area contributed by atoms with Crippen molar-refractivity contribution in [1.29, 1.82) is 5.26 Å². The van der Waals surface area contributed by atoms with E-state index in [4.69, 9.17) is 5.26 Å². The van der Waals surface area contributed by atoms with E-state index in [-0.39, 0.29) is 0 Å². The van der Waals surface area contributed by atoms with Gasteiger partial charge in [0.15, 0.2) is 0 Å². The summed E-state index contributed by atoms with van der Waals surface area (Å²) in [4.78, 5) is 6.13. The molecule has 0 spiro atoms. The first kappa shape index (κ1) is 13.6. The van der Waals surface area contributed by atoms with Gasteiger partial charge in [-0.1, -0.05) is 6.07 Å².